The van der Waals surface area contributed by atoms with Gasteiger partial charge in [-0.1, -0.05) is 18.2 Å². The lowest BCUT2D eigenvalue weighted by Crippen LogP contribution is -2.46. The van der Waals surface area contributed by atoms with E-state index in [-0.39, 0.29) is 11.4 Å². The monoisotopic (exact) mass is 319 g/mol. The Morgan fingerprint density at radius 1 is 1.16 bits per heavy atom. The van der Waals surface area contributed by atoms with Crippen molar-refractivity contribution in [3.05, 3.63) is 30.3 Å². The van der Waals surface area contributed by atoms with Crippen molar-refractivity contribution in [1.82, 2.24) is 4.72 Å². The Morgan fingerprint density at radius 2 is 1.74 bits per heavy atom. The van der Waals surface area contributed by atoms with Crippen molar-refractivity contribution in [3.8, 4) is 0 Å². The second-order valence-electron chi connectivity index (χ2n) is 4.47. The molecule has 0 aliphatic carbocycles. The Bertz CT molecular complexity index is 496. The number of thioether (sulfide) groups is 2. The van der Waals surface area contributed by atoms with Crippen molar-refractivity contribution < 1.29 is 13.5 Å². The van der Waals surface area contributed by atoms with E-state index in [0.29, 0.717) is 11.5 Å². The summed E-state index contributed by atoms with van der Waals surface area (Å²) in [6.45, 7) is 0.0597. The molecule has 0 amide bonds. The molecule has 0 atom stereocenters. The quantitative estimate of drug-likeness (QED) is 0.872. The third-order valence-corrected chi connectivity index (χ3v) is 6.90. The van der Waals surface area contributed by atoms with Crippen molar-refractivity contribution in [2.24, 2.45) is 0 Å². The molecule has 0 saturated carbocycles. The number of nitrogens with one attached hydrogen (secondary N) is 1. The van der Waals surface area contributed by atoms with Gasteiger partial charge in [-0.15, -0.1) is 0 Å². The lowest BCUT2D eigenvalue weighted by atomic mass is 10.1. The molecule has 1 aromatic rings. The first-order valence-corrected chi connectivity index (χ1v) is 9.74. The van der Waals surface area contributed by atoms with Gasteiger partial charge in [0.15, 0.2) is 0 Å². The van der Waals surface area contributed by atoms with Gasteiger partial charge in [-0.25, -0.2) is 13.1 Å². The molecule has 4 nitrogen and oxygen atoms in total. The highest BCUT2D eigenvalue weighted by atomic mass is 32.2. The van der Waals surface area contributed by atoms with Gasteiger partial charge in [-0.3, -0.25) is 0 Å². The summed E-state index contributed by atoms with van der Waals surface area (Å²) in [5.41, 5.74) is -0.965. The number of aliphatic hydroxyl groups is 1. The molecule has 1 saturated heterocycles. The minimum absolute atomic E-state index is 0.0597. The van der Waals surface area contributed by atoms with E-state index >= 15 is 0 Å². The molecule has 0 spiro atoms. The van der Waals surface area contributed by atoms with Gasteiger partial charge < -0.3 is 5.11 Å². The molecule has 2 rings (SSSR count). The van der Waals surface area contributed by atoms with Crippen LogP contribution in [0.1, 0.15) is 0 Å². The fourth-order valence-electron chi connectivity index (χ4n) is 1.70. The number of benzene rings is 1. The molecule has 1 heterocycles. The van der Waals surface area contributed by atoms with Crippen molar-refractivity contribution >= 4 is 33.5 Å². The highest BCUT2D eigenvalue weighted by Gasteiger charge is 2.30. The maximum absolute atomic E-state index is 12.1. The van der Waals surface area contributed by atoms with E-state index < -0.39 is 15.6 Å². The Labute approximate surface area is 122 Å². The second-order valence-corrected chi connectivity index (χ2v) is 8.44. The van der Waals surface area contributed by atoms with Crippen LogP contribution in [0.2, 0.25) is 0 Å². The van der Waals surface area contributed by atoms with Crippen LogP contribution in [0.5, 0.6) is 0 Å². The Morgan fingerprint density at radius 3 is 2.32 bits per heavy atom. The second kappa shape index (κ2) is 6.49. The molecule has 106 valence electrons. The molecule has 1 fully saturated rings. The van der Waals surface area contributed by atoms with Gasteiger partial charge in [-0.2, -0.15) is 23.5 Å². The zero-order chi connectivity index (χ0) is 13.8. The third-order valence-electron chi connectivity index (χ3n) is 2.76. The number of sulfonamides is 1. The molecule has 7 heteroatoms. The zero-order valence-corrected chi connectivity index (χ0v) is 12.9. The number of hydrogen-bond donors (Lipinski definition) is 2. The van der Waals surface area contributed by atoms with E-state index in [4.69, 9.17) is 0 Å². The minimum Gasteiger partial charge on any atom is -0.387 e. The highest BCUT2D eigenvalue weighted by Crippen LogP contribution is 2.24. The average molecular weight is 319 g/mol. The largest absolute Gasteiger partial charge is 0.387 e. The van der Waals surface area contributed by atoms with Crippen LogP contribution in [-0.2, 0) is 10.0 Å². The van der Waals surface area contributed by atoms with Crippen molar-refractivity contribution in [3.63, 3.8) is 0 Å². The minimum atomic E-state index is -3.54. The first-order chi connectivity index (χ1) is 9.02. The molecule has 19 heavy (non-hydrogen) atoms. The summed E-state index contributed by atoms with van der Waals surface area (Å²) in [4.78, 5) is 0.229. The number of rotatable bonds is 4. The summed E-state index contributed by atoms with van der Waals surface area (Å²) in [6.07, 6.45) is 0. The van der Waals surface area contributed by atoms with Gasteiger partial charge in [0.1, 0.15) is 0 Å². The Balaban J connectivity index is 2.01. The molecule has 2 N–H and O–H groups in total. The van der Waals surface area contributed by atoms with Crippen LogP contribution in [0.15, 0.2) is 35.2 Å². The van der Waals surface area contributed by atoms with E-state index in [0.717, 1.165) is 11.5 Å². The fraction of sp³-hybridized carbons (Fsp3) is 0.500. The third kappa shape index (κ3) is 4.39. The van der Waals surface area contributed by atoms with Crippen LogP contribution in [0.25, 0.3) is 0 Å². The van der Waals surface area contributed by atoms with Crippen LogP contribution >= 0.6 is 23.5 Å². The van der Waals surface area contributed by atoms with Crippen LogP contribution < -0.4 is 4.72 Å². The predicted octanol–water partition coefficient (Wildman–Crippen LogP) is 1.18. The molecule has 0 aromatic heterocycles. The molecule has 1 aliphatic rings. The summed E-state index contributed by atoms with van der Waals surface area (Å²) >= 11 is 3.33. The van der Waals surface area contributed by atoms with Gasteiger partial charge in [0.2, 0.25) is 10.0 Å². The molecular formula is C12H17NO3S3. The summed E-state index contributed by atoms with van der Waals surface area (Å²) in [6, 6.07) is 8.22. The zero-order valence-electron chi connectivity index (χ0n) is 10.4. The molecular weight excluding hydrogens is 302 g/mol. The number of hydrogen-bond acceptors (Lipinski definition) is 5. The van der Waals surface area contributed by atoms with Gasteiger partial charge in [0.05, 0.1) is 10.5 Å². The normalized spacial score (nSPS) is 19.8. The van der Waals surface area contributed by atoms with E-state index in [1.807, 2.05) is 0 Å². The first-order valence-electron chi connectivity index (χ1n) is 5.94. The van der Waals surface area contributed by atoms with Gasteiger partial charge in [0, 0.05) is 29.6 Å². The van der Waals surface area contributed by atoms with E-state index in [2.05, 4.69) is 4.72 Å². The summed E-state index contributed by atoms with van der Waals surface area (Å²) in [5, 5.41) is 10.4. The first kappa shape index (κ1) is 15.2. The van der Waals surface area contributed by atoms with Gasteiger partial charge in [-0.05, 0) is 12.1 Å². The smallest absolute Gasteiger partial charge is 0.240 e. The molecule has 0 bridgehead atoms. The van der Waals surface area contributed by atoms with E-state index in [1.165, 1.54) is 0 Å². The fourth-order valence-corrected chi connectivity index (χ4v) is 5.37. The van der Waals surface area contributed by atoms with Crippen LogP contribution in [0, 0.1) is 0 Å². The molecule has 0 unspecified atom stereocenters. The van der Waals surface area contributed by atoms with E-state index in [1.54, 1.807) is 53.9 Å². The lowest BCUT2D eigenvalue weighted by molar-refractivity contribution is 0.0962. The SMILES string of the molecule is O=S(=O)(NCC1(O)CSCCSC1)c1ccccc1. The lowest BCUT2D eigenvalue weighted by Gasteiger charge is -2.25. The van der Waals surface area contributed by atoms with Gasteiger partial charge >= 0.3 is 0 Å². The summed E-state index contributed by atoms with van der Waals surface area (Å²) < 4.78 is 26.6. The summed E-state index contributed by atoms with van der Waals surface area (Å²) in [5.74, 6) is 3.13. The van der Waals surface area contributed by atoms with Crippen LogP contribution in [-0.4, -0.2) is 48.7 Å². The average Bonchev–Trinajstić information content (AvgIpc) is 2.63. The Hall–Kier alpha value is -0.210. The van der Waals surface area contributed by atoms with Crippen molar-refractivity contribution in [2.45, 2.75) is 10.5 Å². The van der Waals surface area contributed by atoms with Crippen molar-refractivity contribution in [1.29, 1.82) is 0 Å². The summed E-state index contributed by atoms with van der Waals surface area (Å²) in [7, 11) is -3.54. The van der Waals surface area contributed by atoms with Crippen LogP contribution in [0.3, 0.4) is 0 Å². The topological polar surface area (TPSA) is 66.4 Å². The standard InChI is InChI=1S/C12H17NO3S3/c14-12(9-17-6-7-18-10-12)8-13-19(15,16)11-4-2-1-3-5-11/h1-5,13-14H,6-10H2. The maximum Gasteiger partial charge on any atom is 0.240 e. The van der Waals surface area contributed by atoms with Crippen molar-refractivity contribution in [2.75, 3.05) is 29.6 Å². The molecule has 0 radical (unpaired) electrons. The molecule has 1 aliphatic heterocycles. The van der Waals surface area contributed by atoms with E-state index in [9.17, 15) is 13.5 Å². The van der Waals surface area contributed by atoms with Crippen LogP contribution in [0.4, 0.5) is 0 Å². The highest BCUT2D eigenvalue weighted by molar-refractivity contribution is 8.03. The Kier molecular flexibility index (Phi) is 5.19. The predicted molar refractivity (Wildman–Crippen MR) is 81.2 cm³/mol. The maximum atomic E-state index is 12.1. The molecule has 1 aromatic carbocycles. The van der Waals surface area contributed by atoms with Gasteiger partial charge in [0.25, 0.3) is 0 Å².